The minimum atomic E-state index is -0.376. The van der Waals surface area contributed by atoms with Gasteiger partial charge in [0.15, 0.2) is 5.76 Å². The molecule has 4 aromatic rings. The van der Waals surface area contributed by atoms with Gasteiger partial charge < -0.3 is 19.2 Å². The number of nitrogens with one attached hydrogen (secondary N) is 1. The van der Waals surface area contributed by atoms with E-state index in [9.17, 15) is 4.79 Å². The Morgan fingerprint density at radius 3 is 2.91 bits per heavy atom. The number of ether oxygens (including phenoxy) is 2. The highest BCUT2D eigenvalue weighted by Crippen LogP contribution is 2.28. The summed E-state index contributed by atoms with van der Waals surface area (Å²) >= 11 is 9.49. The Balaban J connectivity index is 1.34. The number of carbonyl (C=O) groups is 1. The third-order valence-corrected chi connectivity index (χ3v) is 5.31. The first-order valence-corrected chi connectivity index (χ1v) is 10.8. The summed E-state index contributed by atoms with van der Waals surface area (Å²) in [4.78, 5) is 12.5. The summed E-state index contributed by atoms with van der Waals surface area (Å²) in [5.41, 5.74) is 1.60. The molecule has 2 aromatic carbocycles. The number of methoxy groups -OCH3 is 1. The summed E-state index contributed by atoms with van der Waals surface area (Å²) in [5.74, 6) is 1.61. The van der Waals surface area contributed by atoms with Gasteiger partial charge in [-0.05, 0) is 48.0 Å². The summed E-state index contributed by atoms with van der Waals surface area (Å²) in [7, 11) is 1.63. The molecule has 32 heavy (non-hydrogen) atoms. The molecule has 9 heteroatoms. The largest absolute Gasteiger partial charge is 0.497 e. The lowest BCUT2D eigenvalue weighted by atomic mass is 10.2. The lowest BCUT2D eigenvalue weighted by Crippen LogP contribution is -2.10. The fourth-order valence-electron chi connectivity index (χ4n) is 2.98. The minimum Gasteiger partial charge on any atom is -0.497 e. The van der Waals surface area contributed by atoms with Gasteiger partial charge in [-0.15, -0.1) is 0 Å². The molecule has 0 saturated carbocycles. The second-order valence-corrected chi connectivity index (χ2v) is 8.18. The Hall–Kier alpha value is -3.23. The van der Waals surface area contributed by atoms with Crippen molar-refractivity contribution in [3.8, 4) is 11.5 Å². The highest BCUT2D eigenvalue weighted by atomic mass is 79.9. The van der Waals surface area contributed by atoms with Crippen LogP contribution in [-0.4, -0.2) is 22.8 Å². The molecule has 0 aliphatic carbocycles. The third kappa shape index (κ3) is 5.52. The number of furan rings is 1. The molecule has 0 aliphatic heterocycles. The van der Waals surface area contributed by atoms with Crippen molar-refractivity contribution in [2.24, 2.45) is 0 Å². The van der Waals surface area contributed by atoms with Gasteiger partial charge in [0, 0.05) is 10.7 Å². The van der Waals surface area contributed by atoms with Crippen LogP contribution in [0, 0.1) is 0 Å². The zero-order valence-corrected chi connectivity index (χ0v) is 19.4. The fraction of sp³-hybridized carbons (Fsp3) is 0.130. The van der Waals surface area contributed by atoms with Gasteiger partial charge in [-0.25, -0.2) is 0 Å². The number of carbonyl (C=O) groups excluding carboxylic acids is 1. The van der Waals surface area contributed by atoms with E-state index in [2.05, 4.69) is 26.3 Å². The van der Waals surface area contributed by atoms with Gasteiger partial charge in [0.05, 0.1) is 30.6 Å². The lowest BCUT2D eigenvalue weighted by Gasteiger charge is -2.06. The van der Waals surface area contributed by atoms with Crippen molar-refractivity contribution in [1.29, 1.82) is 0 Å². The highest BCUT2D eigenvalue weighted by molar-refractivity contribution is 9.10. The number of anilines is 1. The van der Waals surface area contributed by atoms with Gasteiger partial charge in [0.25, 0.3) is 5.91 Å². The molecule has 0 radical (unpaired) electrons. The number of benzene rings is 2. The molecule has 2 heterocycles. The van der Waals surface area contributed by atoms with Crippen LogP contribution in [0.1, 0.15) is 21.9 Å². The Bertz CT molecular complexity index is 1240. The topological polar surface area (TPSA) is 78.5 Å². The van der Waals surface area contributed by atoms with Crippen LogP contribution in [0.25, 0.3) is 0 Å². The van der Waals surface area contributed by atoms with Crippen LogP contribution >= 0.6 is 27.5 Å². The number of amides is 1. The van der Waals surface area contributed by atoms with Crippen LogP contribution in [0.5, 0.6) is 11.5 Å². The minimum absolute atomic E-state index is 0.146. The lowest BCUT2D eigenvalue weighted by molar-refractivity contribution is 0.0992. The van der Waals surface area contributed by atoms with E-state index in [4.69, 9.17) is 25.5 Å². The number of halogens is 2. The molecular formula is C23H19BrClN3O4. The summed E-state index contributed by atoms with van der Waals surface area (Å²) < 4.78 is 19.1. The van der Waals surface area contributed by atoms with Crippen LogP contribution in [0.3, 0.4) is 0 Å². The maximum absolute atomic E-state index is 12.5. The molecule has 1 amide bonds. The van der Waals surface area contributed by atoms with E-state index in [1.165, 1.54) is 0 Å². The van der Waals surface area contributed by atoms with Crippen LogP contribution < -0.4 is 14.8 Å². The number of rotatable bonds is 8. The number of aromatic nitrogens is 2. The van der Waals surface area contributed by atoms with Gasteiger partial charge in [0.1, 0.15) is 23.9 Å². The molecule has 2 aromatic heterocycles. The Morgan fingerprint density at radius 1 is 1.22 bits per heavy atom. The Morgan fingerprint density at radius 2 is 2.09 bits per heavy atom. The fourth-order valence-corrected chi connectivity index (χ4v) is 3.71. The maximum Gasteiger partial charge on any atom is 0.291 e. The second-order valence-electron chi connectivity index (χ2n) is 6.86. The Kier molecular flexibility index (Phi) is 6.82. The summed E-state index contributed by atoms with van der Waals surface area (Å²) in [6.45, 7) is 0.695. The quantitative estimate of drug-likeness (QED) is 0.321. The van der Waals surface area contributed by atoms with Crippen molar-refractivity contribution in [2.75, 3.05) is 12.4 Å². The molecule has 0 bridgehead atoms. The summed E-state index contributed by atoms with van der Waals surface area (Å²) in [6, 6.07) is 16.3. The number of hydrogen-bond acceptors (Lipinski definition) is 5. The molecule has 0 spiro atoms. The van der Waals surface area contributed by atoms with Crippen molar-refractivity contribution in [3.63, 3.8) is 0 Å². The maximum atomic E-state index is 12.5. The van der Waals surface area contributed by atoms with Crippen molar-refractivity contribution >= 4 is 39.1 Å². The first-order valence-electron chi connectivity index (χ1n) is 9.63. The number of hydrogen-bond donors (Lipinski definition) is 1. The van der Waals surface area contributed by atoms with E-state index in [-0.39, 0.29) is 18.3 Å². The molecule has 0 saturated heterocycles. The van der Waals surface area contributed by atoms with Gasteiger partial charge in [0.2, 0.25) is 0 Å². The number of nitrogens with zero attached hydrogens (tertiary/aromatic N) is 2. The average Bonchev–Trinajstić information content (AvgIpc) is 3.43. The van der Waals surface area contributed by atoms with Gasteiger partial charge in [-0.1, -0.05) is 39.7 Å². The molecule has 1 N–H and O–H groups in total. The molecule has 0 aliphatic rings. The summed E-state index contributed by atoms with van der Waals surface area (Å²) in [6.07, 6.45) is 3.33. The van der Waals surface area contributed by atoms with Gasteiger partial charge >= 0.3 is 0 Å². The standard InChI is InChI=1S/C23H19BrClN3O4/c1-30-18-4-2-3-15(9-18)12-28-13-17(11-26-28)27-23(29)22-8-6-19(32-22)14-31-21-7-5-16(24)10-20(21)25/h2-11,13H,12,14H2,1H3,(H,27,29). The SMILES string of the molecule is COc1cccc(Cn2cc(NC(=O)c3ccc(COc4ccc(Br)cc4Cl)o3)cn2)c1. The molecule has 0 atom stereocenters. The molecule has 7 nitrogen and oxygen atoms in total. The third-order valence-electron chi connectivity index (χ3n) is 4.52. The smallest absolute Gasteiger partial charge is 0.291 e. The van der Waals surface area contributed by atoms with Crippen LogP contribution in [0.4, 0.5) is 5.69 Å². The first kappa shape index (κ1) is 22.0. The molecule has 4 rings (SSSR count). The van der Waals surface area contributed by atoms with E-state index in [0.717, 1.165) is 15.8 Å². The normalized spacial score (nSPS) is 10.7. The van der Waals surface area contributed by atoms with Crippen molar-refractivity contribution in [1.82, 2.24) is 9.78 Å². The monoisotopic (exact) mass is 515 g/mol. The predicted octanol–water partition coefficient (Wildman–Crippen LogP) is 5.78. The second kappa shape index (κ2) is 9.93. The van der Waals surface area contributed by atoms with E-state index in [1.807, 2.05) is 30.3 Å². The van der Waals surface area contributed by atoms with Crippen LogP contribution in [0.15, 0.2) is 75.9 Å². The Labute approximate surface area is 198 Å². The van der Waals surface area contributed by atoms with E-state index in [1.54, 1.807) is 48.5 Å². The van der Waals surface area contributed by atoms with Crippen LogP contribution in [-0.2, 0) is 13.2 Å². The molecule has 164 valence electrons. The van der Waals surface area contributed by atoms with E-state index in [0.29, 0.717) is 28.8 Å². The highest BCUT2D eigenvalue weighted by Gasteiger charge is 2.13. The first-order chi connectivity index (χ1) is 15.5. The van der Waals surface area contributed by atoms with Gasteiger partial charge in [-0.3, -0.25) is 9.48 Å². The zero-order chi connectivity index (χ0) is 22.5. The molecular weight excluding hydrogens is 498 g/mol. The van der Waals surface area contributed by atoms with Crippen molar-refractivity contribution in [3.05, 3.63) is 93.6 Å². The predicted molar refractivity (Wildman–Crippen MR) is 124 cm³/mol. The van der Waals surface area contributed by atoms with Crippen molar-refractivity contribution < 1.29 is 18.7 Å². The summed E-state index contributed by atoms with van der Waals surface area (Å²) in [5, 5.41) is 7.55. The van der Waals surface area contributed by atoms with Crippen molar-refractivity contribution in [2.45, 2.75) is 13.2 Å². The molecule has 0 fully saturated rings. The van der Waals surface area contributed by atoms with E-state index < -0.39 is 0 Å². The van der Waals surface area contributed by atoms with E-state index >= 15 is 0 Å². The molecule has 0 unspecified atom stereocenters. The average molecular weight is 517 g/mol. The zero-order valence-electron chi connectivity index (χ0n) is 17.0. The van der Waals surface area contributed by atoms with Crippen LogP contribution in [0.2, 0.25) is 5.02 Å². The van der Waals surface area contributed by atoms with Gasteiger partial charge in [-0.2, -0.15) is 5.10 Å².